The lowest BCUT2D eigenvalue weighted by Crippen LogP contribution is -2.37. The molecule has 0 amide bonds. The second kappa shape index (κ2) is 5.89. The molecular formula is C15H21NO2. The predicted octanol–water partition coefficient (Wildman–Crippen LogP) is 3.16. The van der Waals surface area contributed by atoms with Gasteiger partial charge in [-0.15, -0.1) is 0 Å². The normalized spacial score (nSPS) is 22.9. The number of para-hydroxylation sites is 1. The van der Waals surface area contributed by atoms with Crippen molar-refractivity contribution in [2.24, 2.45) is 5.92 Å². The molecule has 1 fully saturated rings. The summed E-state index contributed by atoms with van der Waals surface area (Å²) < 4.78 is 0. The number of carbonyl (C=O) groups is 1. The second-order valence-electron chi connectivity index (χ2n) is 5.10. The van der Waals surface area contributed by atoms with Crippen LogP contribution in [-0.2, 0) is 4.79 Å². The Balaban J connectivity index is 2.13. The van der Waals surface area contributed by atoms with Gasteiger partial charge in [0, 0.05) is 11.7 Å². The summed E-state index contributed by atoms with van der Waals surface area (Å²) in [7, 11) is 0. The van der Waals surface area contributed by atoms with Gasteiger partial charge in [0.05, 0.1) is 0 Å². The summed E-state index contributed by atoms with van der Waals surface area (Å²) in [5.74, 6) is 0.00816. The molecule has 1 aliphatic carbocycles. The molecule has 2 unspecified atom stereocenters. The van der Waals surface area contributed by atoms with E-state index < -0.39 is 5.97 Å². The Morgan fingerprint density at radius 2 is 2.06 bits per heavy atom. The van der Waals surface area contributed by atoms with E-state index in [4.69, 9.17) is 5.11 Å². The van der Waals surface area contributed by atoms with Crippen molar-refractivity contribution in [3.63, 3.8) is 0 Å². The molecule has 2 rings (SSSR count). The molecule has 0 spiro atoms. The predicted molar refractivity (Wildman–Crippen MR) is 72.8 cm³/mol. The molecule has 0 heterocycles. The van der Waals surface area contributed by atoms with E-state index in [-0.39, 0.29) is 6.54 Å². The lowest BCUT2D eigenvalue weighted by atomic mass is 10.0. The fourth-order valence-corrected chi connectivity index (χ4v) is 2.90. The van der Waals surface area contributed by atoms with Gasteiger partial charge in [0.1, 0.15) is 6.54 Å². The SMILES string of the molecule is CCC1CCC(N(CC(=O)O)c2ccccc2)C1. The second-order valence-corrected chi connectivity index (χ2v) is 5.10. The molecule has 0 aromatic heterocycles. The number of hydrogen-bond acceptors (Lipinski definition) is 2. The van der Waals surface area contributed by atoms with E-state index >= 15 is 0 Å². The van der Waals surface area contributed by atoms with Crippen LogP contribution in [0.3, 0.4) is 0 Å². The minimum absolute atomic E-state index is 0.102. The molecule has 3 heteroatoms. The third kappa shape index (κ3) is 3.03. The Kier molecular flexibility index (Phi) is 4.24. The van der Waals surface area contributed by atoms with Gasteiger partial charge in [0.15, 0.2) is 0 Å². The summed E-state index contributed by atoms with van der Waals surface area (Å²) in [5.41, 5.74) is 1.03. The van der Waals surface area contributed by atoms with E-state index in [1.165, 1.54) is 12.8 Å². The molecule has 1 saturated carbocycles. The number of hydrogen-bond donors (Lipinski definition) is 1. The average Bonchev–Trinajstić information content (AvgIpc) is 2.85. The Morgan fingerprint density at radius 3 is 2.61 bits per heavy atom. The topological polar surface area (TPSA) is 40.5 Å². The van der Waals surface area contributed by atoms with Crippen LogP contribution in [0, 0.1) is 5.92 Å². The maximum absolute atomic E-state index is 11.0. The number of carboxylic acids is 1. The third-order valence-electron chi connectivity index (χ3n) is 3.93. The van der Waals surface area contributed by atoms with Crippen LogP contribution in [0.15, 0.2) is 30.3 Å². The van der Waals surface area contributed by atoms with Gasteiger partial charge in [-0.25, -0.2) is 0 Å². The molecule has 1 aromatic rings. The van der Waals surface area contributed by atoms with Crippen molar-refractivity contribution >= 4 is 11.7 Å². The number of nitrogens with zero attached hydrogens (tertiary/aromatic N) is 1. The highest BCUT2D eigenvalue weighted by Crippen LogP contribution is 2.33. The first-order valence-corrected chi connectivity index (χ1v) is 6.74. The van der Waals surface area contributed by atoms with Gasteiger partial charge in [-0.1, -0.05) is 31.5 Å². The van der Waals surface area contributed by atoms with Crippen LogP contribution in [0.4, 0.5) is 5.69 Å². The van der Waals surface area contributed by atoms with Crippen molar-refractivity contribution in [2.45, 2.75) is 38.6 Å². The van der Waals surface area contributed by atoms with Gasteiger partial charge in [-0.05, 0) is 37.3 Å². The highest BCUT2D eigenvalue weighted by atomic mass is 16.4. The zero-order valence-corrected chi connectivity index (χ0v) is 10.9. The first-order valence-electron chi connectivity index (χ1n) is 6.74. The van der Waals surface area contributed by atoms with Crippen LogP contribution in [0.2, 0.25) is 0 Å². The lowest BCUT2D eigenvalue weighted by Gasteiger charge is -2.29. The van der Waals surface area contributed by atoms with Crippen LogP contribution in [-0.4, -0.2) is 23.7 Å². The Bertz CT molecular complexity index is 391. The lowest BCUT2D eigenvalue weighted by molar-refractivity contribution is -0.135. The summed E-state index contributed by atoms with van der Waals surface area (Å²) in [6.07, 6.45) is 4.66. The summed E-state index contributed by atoms with van der Waals surface area (Å²) in [6.45, 7) is 2.32. The largest absolute Gasteiger partial charge is 0.480 e. The maximum Gasteiger partial charge on any atom is 0.323 e. The fourth-order valence-electron chi connectivity index (χ4n) is 2.90. The van der Waals surface area contributed by atoms with Gasteiger partial charge in [-0.3, -0.25) is 4.79 Å². The van der Waals surface area contributed by atoms with Crippen LogP contribution >= 0.6 is 0 Å². The molecule has 1 aromatic carbocycles. The smallest absolute Gasteiger partial charge is 0.323 e. The molecule has 1 N–H and O–H groups in total. The van der Waals surface area contributed by atoms with Crippen molar-refractivity contribution in [1.82, 2.24) is 0 Å². The minimum atomic E-state index is -0.751. The zero-order valence-electron chi connectivity index (χ0n) is 10.9. The summed E-state index contributed by atoms with van der Waals surface area (Å²) in [4.78, 5) is 13.1. The first-order chi connectivity index (χ1) is 8.70. The molecule has 0 radical (unpaired) electrons. The Hall–Kier alpha value is -1.51. The third-order valence-corrected chi connectivity index (χ3v) is 3.93. The molecule has 0 bridgehead atoms. The van der Waals surface area contributed by atoms with Gasteiger partial charge < -0.3 is 10.0 Å². The van der Waals surface area contributed by atoms with Gasteiger partial charge in [-0.2, -0.15) is 0 Å². The van der Waals surface area contributed by atoms with E-state index in [2.05, 4.69) is 11.8 Å². The van der Waals surface area contributed by atoms with Gasteiger partial charge in [0.25, 0.3) is 0 Å². The van der Waals surface area contributed by atoms with E-state index in [0.29, 0.717) is 6.04 Å². The number of benzene rings is 1. The van der Waals surface area contributed by atoms with Crippen LogP contribution in [0.1, 0.15) is 32.6 Å². The number of carboxylic acid groups (broad SMARTS) is 1. The van der Waals surface area contributed by atoms with E-state index in [1.54, 1.807) is 0 Å². The standard InChI is InChI=1S/C15H21NO2/c1-2-12-8-9-14(10-12)16(11-15(17)18)13-6-4-3-5-7-13/h3-7,12,14H,2,8-11H2,1H3,(H,17,18). The van der Waals surface area contributed by atoms with E-state index in [9.17, 15) is 4.79 Å². The van der Waals surface area contributed by atoms with Crippen LogP contribution in [0.25, 0.3) is 0 Å². The molecule has 3 nitrogen and oxygen atoms in total. The van der Waals surface area contributed by atoms with Gasteiger partial charge >= 0.3 is 5.97 Å². The Labute approximate surface area is 108 Å². The molecule has 2 atom stereocenters. The molecule has 18 heavy (non-hydrogen) atoms. The highest BCUT2D eigenvalue weighted by molar-refractivity contribution is 5.74. The molecule has 0 aliphatic heterocycles. The minimum Gasteiger partial charge on any atom is -0.480 e. The summed E-state index contributed by atoms with van der Waals surface area (Å²) in [5, 5.41) is 9.09. The van der Waals surface area contributed by atoms with Crippen molar-refractivity contribution in [3.8, 4) is 0 Å². The van der Waals surface area contributed by atoms with Crippen molar-refractivity contribution in [3.05, 3.63) is 30.3 Å². The molecular weight excluding hydrogens is 226 g/mol. The van der Waals surface area contributed by atoms with Gasteiger partial charge in [0.2, 0.25) is 0 Å². The van der Waals surface area contributed by atoms with Crippen molar-refractivity contribution in [2.75, 3.05) is 11.4 Å². The Morgan fingerprint density at radius 1 is 1.33 bits per heavy atom. The zero-order chi connectivity index (χ0) is 13.0. The average molecular weight is 247 g/mol. The van der Waals surface area contributed by atoms with E-state index in [1.807, 2.05) is 30.3 Å². The quantitative estimate of drug-likeness (QED) is 0.869. The molecule has 1 aliphatic rings. The maximum atomic E-state index is 11.0. The first kappa shape index (κ1) is 12.9. The fraction of sp³-hybridized carbons (Fsp3) is 0.533. The van der Waals surface area contributed by atoms with Crippen LogP contribution < -0.4 is 4.90 Å². The summed E-state index contributed by atoms with van der Waals surface area (Å²) >= 11 is 0. The molecule has 98 valence electrons. The van der Waals surface area contributed by atoms with Crippen LogP contribution in [0.5, 0.6) is 0 Å². The van der Waals surface area contributed by atoms with Crippen molar-refractivity contribution < 1.29 is 9.90 Å². The van der Waals surface area contributed by atoms with Crippen molar-refractivity contribution in [1.29, 1.82) is 0 Å². The number of aliphatic carboxylic acids is 1. The number of rotatable bonds is 5. The molecule has 0 saturated heterocycles. The summed E-state index contributed by atoms with van der Waals surface area (Å²) in [6, 6.07) is 10.3. The number of anilines is 1. The van der Waals surface area contributed by atoms with E-state index in [0.717, 1.165) is 24.4 Å². The monoisotopic (exact) mass is 247 g/mol. The highest BCUT2D eigenvalue weighted by Gasteiger charge is 2.29.